The number of nitrogens with one attached hydrogen (secondary N) is 2. The van der Waals surface area contributed by atoms with Crippen molar-refractivity contribution < 1.29 is 0 Å². The Morgan fingerprint density at radius 3 is 2.61 bits per heavy atom. The van der Waals surface area contributed by atoms with Gasteiger partial charge in [0.05, 0.1) is 5.71 Å². The number of nitrogens with zero attached hydrogens (tertiary/aromatic N) is 1. The standard InChI is InChI=1S/C19H21N3S/c1-12(2)20-19(23)22-21-13(3)14-8-9-18-16(10-14)11-15-6-4-5-7-17(15)18/h4-10,12H,11H2,1-3H3,(H2,20,22,23)/b21-13+. The summed E-state index contributed by atoms with van der Waals surface area (Å²) in [7, 11) is 0. The normalized spacial score (nSPS) is 12.8. The molecule has 3 rings (SSSR count). The minimum Gasteiger partial charge on any atom is -0.359 e. The van der Waals surface area contributed by atoms with Crippen LogP contribution in [0.3, 0.4) is 0 Å². The number of hydrazone groups is 1. The SMILES string of the molecule is C/C(=N\NC(=S)NC(C)C)c1ccc2c(c1)Cc1ccccc1-2. The molecule has 0 heterocycles. The average molecular weight is 323 g/mol. The summed E-state index contributed by atoms with van der Waals surface area (Å²) >= 11 is 5.20. The molecule has 1 aliphatic carbocycles. The maximum absolute atomic E-state index is 5.20. The average Bonchev–Trinajstić information content (AvgIpc) is 2.89. The molecule has 0 bridgehead atoms. The van der Waals surface area contributed by atoms with Crippen LogP contribution in [0.4, 0.5) is 0 Å². The molecule has 3 nitrogen and oxygen atoms in total. The van der Waals surface area contributed by atoms with E-state index in [0.717, 1.165) is 17.7 Å². The van der Waals surface area contributed by atoms with Crippen LogP contribution >= 0.6 is 12.2 Å². The van der Waals surface area contributed by atoms with Gasteiger partial charge in [-0.15, -0.1) is 0 Å². The molecule has 0 spiro atoms. The van der Waals surface area contributed by atoms with E-state index in [1.54, 1.807) is 0 Å². The maximum atomic E-state index is 5.20. The predicted molar refractivity (Wildman–Crippen MR) is 101 cm³/mol. The molecule has 0 radical (unpaired) electrons. The van der Waals surface area contributed by atoms with E-state index in [2.05, 4.69) is 58.3 Å². The second-order valence-corrected chi connectivity index (χ2v) is 6.55. The van der Waals surface area contributed by atoms with Gasteiger partial charge < -0.3 is 5.32 Å². The van der Waals surface area contributed by atoms with Gasteiger partial charge in [-0.05, 0) is 73.3 Å². The third-order valence-corrected chi connectivity index (χ3v) is 4.17. The highest BCUT2D eigenvalue weighted by Gasteiger charge is 2.18. The number of hydrogen-bond acceptors (Lipinski definition) is 2. The molecule has 2 aromatic rings. The molecule has 0 saturated heterocycles. The predicted octanol–water partition coefficient (Wildman–Crippen LogP) is 3.85. The molecule has 2 N–H and O–H groups in total. The Hall–Kier alpha value is -2.20. The molecule has 2 aromatic carbocycles. The molecule has 0 aromatic heterocycles. The summed E-state index contributed by atoms with van der Waals surface area (Å²) in [6.07, 6.45) is 0.993. The van der Waals surface area contributed by atoms with E-state index in [-0.39, 0.29) is 0 Å². The minimum absolute atomic E-state index is 0.295. The second-order valence-electron chi connectivity index (χ2n) is 6.14. The fourth-order valence-electron chi connectivity index (χ4n) is 2.86. The molecule has 4 heteroatoms. The quantitative estimate of drug-likeness (QED) is 0.437. The van der Waals surface area contributed by atoms with Gasteiger partial charge in [-0.1, -0.05) is 36.4 Å². The fourth-order valence-corrected chi connectivity index (χ4v) is 3.15. The molecule has 1 aliphatic rings. The molecule has 0 aliphatic heterocycles. The summed E-state index contributed by atoms with van der Waals surface area (Å²) in [5.41, 5.74) is 10.4. The first kappa shape index (κ1) is 15.7. The number of thiocarbonyl (C=S) groups is 1. The summed E-state index contributed by atoms with van der Waals surface area (Å²) in [6, 6.07) is 15.4. The van der Waals surface area contributed by atoms with Gasteiger partial charge in [-0.3, -0.25) is 5.43 Å². The molecule has 0 atom stereocenters. The monoisotopic (exact) mass is 323 g/mol. The first-order valence-corrected chi connectivity index (χ1v) is 8.28. The zero-order valence-electron chi connectivity index (χ0n) is 13.7. The van der Waals surface area contributed by atoms with Gasteiger partial charge in [0.25, 0.3) is 0 Å². The zero-order chi connectivity index (χ0) is 16.4. The summed E-state index contributed by atoms with van der Waals surface area (Å²) in [6.45, 7) is 6.08. The van der Waals surface area contributed by atoms with Crippen LogP contribution in [0.5, 0.6) is 0 Å². The topological polar surface area (TPSA) is 36.4 Å². The molecular weight excluding hydrogens is 302 g/mol. The number of benzene rings is 2. The minimum atomic E-state index is 0.295. The van der Waals surface area contributed by atoms with E-state index < -0.39 is 0 Å². The van der Waals surface area contributed by atoms with Crippen molar-refractivity contribution in [3.8, 4) is 11.1 Å². The van der Waals surface area contributed by atoms with Crippen molar-refractivity contribution >= 4 is 23.0 Å². The number of rotatable bonds is 3. The first-order valence-electron chi connectivity index (χ1n) is 7.87. The van der Waals surface area contributed by atoms with Crippen molar-refractivity contribution in [1.29, 1.82) is 0 Å². The van der Waals surface area contributed by atoms with E-state index in [0.29, 0.717) is 11.2 Å². The number of hydrogen-bond donors (Lipinski definition) is 2. The smallest absolute Gasteiger partial charge is 0.187 e. The largest absolute Gasteiger partial charge is 0.359 e. The Labute approximate surface area is 142 Å². The fraction of sp³-hybridized carbons (Fsp3) is 0.263. The van der Waals surface area contributed by atoms with Crippen LogP contribution < -0.4 is 10.7 Å². The summed E-state index contributed by atoms with van der Waals surface area (Å²) in [5, 5.41) is 8.05. The van der Waals surface area contributed by atoms with Crippen LogP contribution in [0.15, 0.2) is 47.6 Å². The van der Waals surface area contributed by atoms with Crippen LogP contribution in [0, 0.1) is 0 Å². The molecule has 0 fully saturated rings. The van der Waals surface area contributed by atoms with Crippen LogP contribution in [0.25, 0.3) is 11.1 Å². The van der Waals surface area contributed by atoms with Crippen LogP contribution in [-0.2, 0) is 6.42 Å². The van der Waals surface area contributed by atoms with E-state index in [1.165, 1.54) is 22.3 Å². The third-order valence-electron chi connectivity index (χ3n) is 3.96. The Morgan fingerprint density at radius 2 is 1.83 bits per heavy atom. The Morgan fingerprint density at radius 1 is 1.09 bits per heavy atom. The van der Waals surface area contributed by atoms with Gasteiger partial charge in [0.1, 0.15) is 0 Å². The highest BCUT2D eigenvalue weighted by Crippen LogP contribution is 2.36. The van der Waals surface area contributed by atoms with Gasteiger partial charge in [0, 0.05) is 6.04 Å². The highest BCUT2D eigenvalue weighted by molar-refractivity contribution is 7.80. The number of fused-ring (bicyclic) bond motifs is 3. The van der Waals surface area contributed by atoms with Gasteiger partial charge in [-0.2, -0.15) is 5.10 Å². The summed E-state index contributed by atoms with van der Waals surface area (Å²) in [5.74, 6) is 0. The lowest BCUT2D eigenvalue weighted by Crippen LogP contribution is -2.37. The van der Waals surface area contributed by atoms with Gasteiger partial charge in [-0.25, -0.2) is 0 Å². The van der Waals surface area contributed by atoms with Crippen LogP contribution in [0.1, 0.15) is 37.5 Å². The first-order chi connectivity index (χ1) is 11.0. The molecule has 23 heavy (non-hydrogen) atoms. The Kier molecular flexibility index (Phi) is 4.44. The van der Waals surface area contributed by atoms with Gasteiger partial charge in [0.15, 0.2) is 5.11 Å². The van der Waals surface area contributed by atoms with Crippen molar-refractivity contribution in [2.24, 2.45) is 5.10 Å². The van der Waals surface area contributed by atoms with Crippen LogP contribution in [0.2, 0.25) is 0 Å². The molecule has 118 valence electrons. The molecular formula is C19H21N3S. The Bertz CT molecular complexity index is 778. The van der Waals surface area contributed by atoms with Gasteiger partial charge in [0.2, 0.25) is 0 Å². The van der Waals surface area contributed by atoms with Crippen molar-refractivity contribution in [2.45, 2.75) is 33.2 Å². The van der Waals surface area contributed by atoms with E-state index >= 15 is 0 Å². The third kappa shape index (κ3) is 3.42. The molecule has 0 amide bonds. The Balaban J connectivity index is 1.78. The van der Waals surface area contributed by atoms with Crippen LogP contribution in [-0.4, -0.2) is 16.9 Å². The maximum Gasteiger partial charge on any atom is 0.187 e. The second kappa shape index (κ2) is 6.50. The zero-order valence-corrected chi connectivity index (χ0v) is 14.5. The van der Waals surface area contributed by atoms with Crippen molar-refractivity contribution in [3.05, 3.63) is 59.2 Å². The lowest BCUT2D eigenvalue weighted by Gasteiger charge is -2.11. The lowest BCUT2D eigenvalue weighted by atomic mass is 10.0. The van der Waals surface area contributed by atoms with Crippen molar-refractivity contribution in [3.63, 3.8) is 0 Å². The molecule has 0 unspecified atom stereocenters. The summed E-state index contributed by atoms with van der Waals surface area (Å²) < 4.78 is 0. The van der Waals surface area contributed by atoms with Crippen molar-refractivity contribution in [1.82, 2.24) is 10.7 Å². The van der Waals surface area contributed by atoms with Crippen molar-refractivity contribution in [2.75, 3.05) is 0 Å². The highest BCUT2D eigenvalue weighted by atomic mass is 32.1. The van der Waals surface area contributed by atoms with E-state index in [9.17, 15) is 0 Å². The van der Waals surface area contributed by atoms with E-state index in [4.69, 9.17) is 12.2 Å². The lowest BCUT2D eigenvalue weighted by molar-refractivity contribution is 0.719. The molecule has 0 saturated carbocycles. The van der Waals surface area contributed by atoms with E-state index in [1.807, 2.05) is 20.8 Å². The van der Waals surface area contributed by atoms with Gasteiger partial charge >= 0.3 is 0 Å². The summed E-state index contributed by atoms with van der Waals surface area (Å²) in [4.78, 5) is 0.